The Morgan fingerprint density at radius 2 is 1.68 bits per heavy atom. The normalized spacial score (nSPS) is 10.7. The van der Waals surface area contributed by atoms with Gasteiger partial charge in [-0.05, 0) is 58.3 Å². The lowest BCUT2D eigenvalue weighted by Gasteiger charge is -2.11. The summed E-state index contributed by atoms with van der Waals surface area (Å²) in [5.74, 6) is -0.0708. The number of halogens is 1. The molecule has 0 aliphatic carbocycles. The molecule has 0 aliphatic rings. The van der Waals surface area contributed by atoms with Crippen LogP contribution in [0.15, 0.2) is 60.0 Å². The monoisotopic (exact) mass is 504 g/mol. The molecule has 0 spiro atoms. The van der Waals surface area contributed by atoms with Gasteiger partial charge >= 0.3 is 0 Å². The Bertz CT molecular complexity index is 966. The number of benzene rings is 2. The van der Waals surface area contributed by atoms with Crippen molar-refractivity contribution in [3.8, 4) is 11.1 Å². The molecular weight excluding hydrogens is 483 g/mol. The molecule has 3 rings (SSSR count). The quantitative estimate of drug-likeness (QED) is 0.390. The number of amides is 2. The van der Waals surface area contributed by atoms with Crippen molar-refractivity contribution in [1.82, 2.24) is 0 Å². The highest BCUT2D eigenvalue weighted by atomic mass is 127. The van der Waals surface area contributed by atoms with Gasteiger partial charge in [0.1, 0.15) is 5.00 Å². The van der Waals surface area contributed by atoms with E-state index in [9.17, 15) is 9.59 Å². The second-order valence-electron chi connectivity index (χ2n) is 6.83. The Labute approximate surface area is 182 Å². The van der Waals surface area contributed by atoms with Gasteiger partial charge in [-0.15, -0.1) is 11.3 Å². The minimum absolute atomic E-state index is 0.0835. The van der Waals surface area contributed by atoms with E-state index in [-0.39, 0.29) is 17.7 Å². The first-order chi connectivity index (χ1) is 13.4. The van der Waals surface area contributed by atoms with Gasteiger partial charge in [-0.3, -0.25) is 9.59 Å². The first-order valence-electron chi connectivity index (χ1n) is 8.97. The fraction of sp³-hybridized carbons (Fsp3) is 0.182. The zero-order valence-electron chi connectivity index (χ0n) is 15.7. The standard InChI is InChI=1S/C22H21IN2O2S/c1-14(2)12-19(26)25-22-20(18(13-28-22)15-6-4-3-5-7-15)21(27)24-17-10-8-16(23)9-11-17/h3-11,13-14H,12H2,1-2H3,(H,24,27)(H,25,26). The summed E-state index contributed by atoms with van der Waals surface area (Å²) < 4.78 is 1.10. The number of carbonyl (C=O) groups excluding carboxylic acids is 2. The average molecular weight is 504 g/mol. The molecule has 144 valence electrons. The molecule has 0 fully saturated rings. The highest BCUT2D eigenvalue weighted by molar-refractivity contribution is 14.1. The molecule has 0 unspecified atom stereocenters. The van der Waals surface area contributed by atoms with E-state index < -0.39 is 0 Å². The molecule has 6 heteroatoms. The molecule has 4 nitrogen and oxygen atoms in total. The van der Waals surface area contributed by atoms with E-state index in [1.54, 1.807) is 0 Å². The van der Waals surface area contributed by atoms with E-state index >= 15 is 0 Å². The third kappa shape index (κ3) is 5.20. The second-order valence-corrected chi connectivity index (χ2v) is 8.95. The molecule has 2 aromatic carbocycles. The van der Waals surface area contributed by atoms with Gasteiger partial charge in [0.25, 0.3) is 5.91 Å². The van der Waals surface area contributed by atoms with E-state index in [1.165, 1.54) is 11.3 Å². The van der Waals surface area contributed by atoms with Crippen molar-refractivity contribution in [2.24, 2.45) is 5.92 Å². The Kier molecular flexibility index (Phi) is 6.85. The molecule has 0 saturated heterocycles. The Hall–Kier alpha value is -2.19. The summed E-state index contributed by atoms with van der Waals surface area (Å²) in [6, 6.07) is 17.3. The summed E-state index contributed by atoms with van der Waals surface area (Å²) >= 11 is 3.60. The number of nitrogens with one attached hydrogen (secondary N) is 2. The second kappa shape index (κ2) is 9.34. The zero-order chi connectivity index (χ0) is 20.1. The van der Waals surface area contributed by atoms with E-state index in [0.29, 0.717) is 17.0 Å². The highest BCUT2D eigenvalue weighted by Crippen LogP contribution is 2.36. The van der Waals surface area contributed by atoms with E-state index in [0.717, 1.165) is 20.4 Å². The lowest BCUT2D eigenvalue weighted by molar-refractivity contribution is -0.116. The molecule has 1 aromatic heterocycles. The van der Waals surface area contributed by atoms with E-state index in [1.807, 2.05) is 73.8 Å². The van der Waals surface area contributed by atoms with Crippen molar-refractivity contribution in [3.63, 3.8) is 0 Å². The van der Waals surface area contributed by atoms with E-state index in [4.69, 9.17) is 0 Å². The van der Waals surface area contributed by atoms with Crippen LogP contribution >= 0.6 is 33.9 Å². The molecule has 3 aromatic rings. The Morgan fingerprint density at radius 1 is 1.00 bits per heavy atom. The summed E-state index contributed by atoms with van der Waals surface area (Å²) in [7, 11) is 0. The molecule has 0 atom stereocenters. The highest BCUT2D eigenvalue weighted by Gasteiger charge is 2.22. The van der Waals surface area contributed by atoms with Crippen LogP contribution in [-0.2, 0) is 4.79 Å². The van der Waals surface area contributed by atoms with Crippen LogP contribution in [0.1, 0.15) is 30.6 Å². The number of carbonyl (C=O) groups is 2. The maximum absolute atomic E-state index is 13.1. The summed E-state index contributed by atoms with van der Waals surface area (Å²) in [5.41, 5.74) is 2.96. The van der Waals surface area contributed by atoms with Crippen molar-refractivity contribution < 1.29 is 9.59 Å². The predicted molar refractivity (Wildman–Crippen MR) is 125 cm³/mol. The maximum Gasteiger partial charge on any atom is 0.259 e. The molecule has 0 aliphatic heterocycles. The molecule has 1 heterocycles. The number of hydrogen-bond donors (Lipinski definition) is 2. The molecule has 2 N–H and O–H groups in total. The maximum atomic E-state index is 13.1. The van der Waals surface area contributed by atoms with Crippen LogP contribution in [0.3, 0.4) is 0 Å². The van der Waals surface area contributed by atoms with Gasteiger partial charge in [0.2, 0.25) is 5.91 Å². The number of anilines is 2. The third-order valence-electron chi connectivity index (χ3n) is 4.05. The van der Waals surface area contributed by atoms with Gasteiger partial charge in [0.15, 0.2) is 0 Å². The first kappa shape index (κ1) is 20.5. The summed E-state index contributed by atoms with van der Waals surface area (Å²) in [6.45, 7) is 3.99. The van der Waals surface area contributed by atoms with Gasteiger partial charge in [0, 0.05) is 26.6 Å². The molecule has 28 heavy (non-hydrogen) atoms. The average Bonchev–Trinajstić information content (AvgIpc) is 3.07. The topological polar surface area (TPSA) is 58.2 Å². The summed E-state index contributed by atoms with van der Waals surface area (Å²) in [6.07, 6.45) is 0.413. The SMILES string of the molecule is CC(C)CC(=O)Nc1scc(-c2ccccc2)c1C(=O)Nc1ccc(I)cc1. The lowest BCUT2D eigenvalue weighted by atomic mass is 10.0. The summed E-state index contributed by atoms with van der Waals surface area (Å²) in [4.78, 5) is 25.4. The van der Waals surface area contributed by atoms with Crippen molar-refractivity contribution in [3.05, 3.63) is 69.1 Å². The molecule has 0 radical (unpaired) electrons. The smallest absolute Gasteiger partial charge is 0.259 e. The van der Waals surface area contributed by atoms with Crippen LogP contribution in [0.4, 0.5) is 10.7 Å². The Morgan fingerprint density at radius 3 is 2.32 bits per heavy atom. The lowest BCUT2D eigenvalue weighted by Crippen LogP contribution is -2.18. The van der Waals surface area contributed by atoms with Gasteiger partial charge in [-0.2, -0.15) is 0 Å². The van der Waals surface area contributed by atoms with Crippen LogP contribution in [-0.4, -0.2) is 11.8 Å². The summed E-state index contributed by atoms with van der Waals surface area (Å²) in [5, 5.41) is 8.37. The van der Waals surface area contributed by atoms with Crippen LogP contribution in [0.25, 0.3) is 11.1 Å². The molecular formula is C22H21IN2O2S. The van der Waals surface area contributed by atoms with Gasteiger partial charge in [-0.25, -0.2) is 0 Å². The van der Waals surface area contributed by atoms with Crippen molar-refractivity contribution >= 4 is 56.4 Å². The fourth-order valence-corrected chi connectivity index (χ4v) is 4.12. The van der Waals surface area contributed by atoms with Crippen molar-refractivity contribution in [2.45, 2.75) is 20.3 Å². The van der Waals surface area contributed by atoms with E-state index in [2.05, 4.69) is 33.2 Å². The van der Waals surface area contributed by atoms with Gasteiger partial charge < -0.3 is 10.6 Å². The minimum Gasteiger partial charge on any atom is -0.322 e. The first-order valence-corrected chi connectivity index (χ1v) is 10.9. The van der Waals surface area contributed by atoms with Crippen LogP contribution in [0.2, 0.25) is 0 Å². The molecule has 0 saturated carbocycles. The van der Waals surface area contributed by atoms with Crippen LogP contribution in [0.5, 0.6) is 0 Å². The third-order valence-corrected chi connectivity index (χ3v) is 5.67. The van der Waals surface area contributed by atoms with Crippen molar-refractivity contribution in [1.29, 1.82) is 0 Å². The van der Waals surface area contributed by atoms with Gasteiger partial charge in [0.05, 0.1) is 5.56 Å². The number of rotatable bonds is 6. The van der Waals surface area contributed by atoms with Gasteiger partial charge in [-0.1, -0.05) is 44.2 Å². The fourth-order valence-electron chi connectivity index (χ4n) is 2.78. The zero-order valence-corrected chi connectivity index (χ0v) is 18.6. The number of hydrogen-bond acceptors (Lipinski definition) is 3. The minimum atomic E-state index is -0.235. The van der Waals surface area contributed by atoms with Crippen LogP contribution < -0.4 is 10.6 Å². The number of thiophene rings is 1. The van der Waals surface area contributed by atoms with Crippen molar-refractivity contribution in [2.75, 3.05) is 10.6 Å². The van der Waals surface area contributed by atoms with Crippen LogP contribution in [0, 0.1) is 9.49 Å². The Balaban J connectivity index is 1.95. The molecule has 2 amide bonds. The largest absolute Gasteiger partial charge is 0.322 e. The predicted octanol–water partition coefficient (Wildman–Crippen LogP) is 6.26. The molecule has 0 bridgehead atoms.